The third-order valence-electron chi connectivity index (χ3n) is 5.24. The van der Waals surface area contributed by atoms with Gasteiger partial charge in [-0.15, -0.1) is 0 Å². The molecule has 0 amide bonds. The Bertz CT molecular complexity index is 553. The van der Waals surface area contributed by atoms with Gasteiger partial charge in [-0.05, 0) is 30.6 Å². The molecule has 2 rings (SSSR count). The Morgan fingerprint density at radius 3 is 2.38 bits per heavy atom. The molecule has 0 aliphatic carbocycles. The van der Waals surface area contributed by atoms with Crippen molar-refractivity contribution in [1.82, 2.24) is 4.90 Å². The lowest BCUT2D eigenvalue weighted by Crippen LogP contribution is -2.42. The average molecular weight is 350 g/mol. The van der Waals surface area contributed by atoms with Gasteiger partial charge in [0.2, 0.25) is 0 Å². The van der Waals surface area contributed by atoms with Crippen molar-refractivity contribution in [3.05, 3.63) is 35.9 Å². The van der Waals surface area contributed by atoms with Crippen LogP contribution in [0.4, 0.5) is 0 Å². The second-order valence-corrected chi connectivity index (χ2v) is 12.8. The molecule has 0 spiro atoms. The lowest BCUT2D eigenvalue weighted by Gasteiger charge is -2.36. The fourth-order valence-electron chi connectivity index (χ4n) is 2.66. The number of nitrogens with zero attached hydrogens (tertiary/aromatic N) is 1. The lowest BCUT2D eigenvalue weighted by molar-refractivity contribution is -0.143. The van der Waals surface area contributed by atoms with E-state index in [1.807, 2.05) is 25.1 Å². The minimum absolute atomic E-state index is 0.159. The molecule has 24 heavy (non-hydrogen) atoms. The molecule has 0 aromatic heterocycles. The molecule has 1 unspecified atom stereocenters. The molecule has 1 heterocycles. The Hall–Kier alpha value is -1.17. The van der Waals surface area contributed by atoms with E-state index >= 15 is 0 Å². The largest absolute Gasteiger partial charge is 0.465 e. The van der Waals surface area contributed by atoms with Crippen LogP contribution in [0.25, 0.3) is 0 Å². The highest BCUT2D eigenvalue weighted by atomic mass is 28.4. The summed E-state index contributed by atoms with van der Waals surface area (Å²) in [5.74, 6) is -0.159. The number of hydrogen-bond donors (Lipinski definition) is 0. The molecule has 0 radical (unpaired) electrons. The number of carbonyl (C=O) groups is 1. The van der Waals surface area contributed by atoms with Gasteiger partial charge in [-0.3, -0.25) is 9.69 Å². The molecule has 1 aliphatic heterocycles. The van der Waals surface area contributed by atoms with Gasteiger partial charge in [0.1, 0.15) is 0 Å². The summed E-state index contributed by atoms with van der Waals surface area (Å²) in [5.41, 5.74) is 1.24. The molecule has 3 atom stereocenters. The maximum absolute atomic E-state index is 11.9. The van der Waals surface area contributed by atoms with Crippen LogP contribution in [0.15, 0.2) is 30.3 Å². The van der Waals surface area contributed by atoms with E-state index < -0.39 is 8.32 Å². The second kappa shape index (κ2) is 7.38. The predicted octanol–water partition coefficient (Wildman–Crippen LogP) is 4.00. The van der Waals surface area contributed by atoms with E-state index in [0.717, 1.165) is 0 Å². The van der Waals surface area contributed by atoms with Gasteiger partial charge in [-0.2, -0.15) is 0 Å². The summed E-state index contributed by atoms with van der Waals surface area (Å²) in [6.07, 6.45) is 0. The first-order valence-electron chi connectivity index (χ1n) is 8.77. The van der Waals surface area contributed by atoms with Gasteiger partial charge in [-0.1, -0.05) is 51.1 Å². The van der Waals surface area contributed by atoms with Crippen LogP contribution in [0, 0.1) is 0 Å². The first-order chi connectivity index (χ1) is 11.2. The summed E-state index contributed by atoms with van der Waals surface area (Å²) in [6, 6.07) is 10.8. The van der Waals surface area contributed by atoms with Gasteiger partial charge in [-0.25, -0.2) is 0 Å². The molecule has 1 aromatic carbocycles. The molecule has 1 aliphatic rings. The van der Waals surface area contributed by atoms with Gasteiger partial charge in [0, 0.05) is 0 Å². The van der Waals surface area contributed by atoms with Crippen molar-refractivity contribution in [2.24, 2.45) is 0 Å². The van der Waals surface area contributed by atoms with Crippen molar-refractivity contribution in [3.8, 4) is 0 Å². The third kappa shape index (κ3) is 4.46. The van der Waals surface area contributed by atoms with Crippen molar-refractivity contribution in [3.63, 3.8) is 0 Å². The fraction of sp³-hybridized carbons (Fsp3) is 0.632. The minimum atomic E-state index is -1.79. The molecule has 5 heteroatoms. The first-order valence-corrected chi connectivity index (χ1v) is 11.7. The molecule has 0 bridgehead atoms. The van der Waals surface area contributed by atoms with Gasteiger partial charge in [0.25, 0.3) is 0 Å². The lowest BCUT2D eigenvalue weighted by atomic mass is 10.1. The zero-order valence-corrected chi connectivity index (χ0v) is 16.8. The standard InChI is InChI=1S/C19H31NO3Si/c1-7-22-17(21)13-20-16(14-23-24(5,6)19(2,3)4)18(20)15-11-9-8-10-12-15/h8-12,16,18H,7,13-14H2,1-6H3/t16-,18+,20?/m1/s1. The Kier molecular flexibility index (Phi) is 5.89. The highest BCUT2D eigenvalue weighted by Crippen LogP contribution is 2.44. The van der Waals surface area contributed by atoms with Gasteiger partial charge >= 0.3 is 5.97 Å². The van der Waals surface area contributed by atoms with Crippen LogP contribution in [-0.4, -0.2) is 45.0 Å². The number of rotatable bonds is 7. The topological polar surface area (TPSA) is 38.5 Å². The molecule has 0 N–H and O–H groups in total. The molecule has 1 fully saturated rings. The fourth-order valence-corrected chi connectivity index (χ4v) is 3.68. The zero-order chi connectivity index (χ0) is 18.0. The summed E-state index contributed by atoms with van der Waals surface area (Å²) < 4.78 is 11.5. The highest BCUT2D eigenvalue weighted by molar-refractivity contribution is 6.74. The molecular weight excluding hydrogens is 318 g/mol. The molecule has 1 aromatic rings. The predicted molar refractivity (Wildman–Crippen MR) is 99.5 cm³/mol. The number of hydrogen-bond acceptors (Lipinski definition) is 4. The van der Waals surface area contributed by atoms with E-state index in [-0.39, 0.29) is 23.1 Å². The molecule has 0 saturated carbocycles. The SMILES string of the molecule is CCOC(=O)CN1[C@H](CO[Si](C)(C)C(C)(C)C)[C@@H]1c1ccccc1. The second-order valence-electron chi connectivity index (χ2n) is 7.97. The quantitative estimate of drug-likeness (QED) is 0.424. The summed E-state index contributed by atoms with van der Waals surface area (Å²) in [4.78, 5) is 14.1. The van der Waals surface area contributed by atoms with E-state index in [9.17, 15) is 4.79 Å². The number of benzene rings is 1. The van der Waals surface area contributed by atoms with Crippen LogP contribution >= 0.6 is 0 Å². The summed E-state index contributed by atoms with van der Waals surface area (Å²) in [7, 11) is -1.79. The van der Waals surface area contributed by atoms with Crippen LogP contribution in [-0.2, 0) is 14.0 Å². The Balaban J connectivity index is 2.04. The maximum atomic E-state index is 11.9. The van der Waals surface area contributed by atoms with Crippen molar-refractivity contribution in [2.45, 2.75) is 57.9 Å². The minimum Gasteiger partial charge on any atom is -0.465 e. The Labute approximate surface area is 147 Å². The smallest absolute Gasteiger partial charge is 0.320 e. The number of esters is 1. The van der Waals surface area contributed by atoms with Gasteiger partial charge in [0.15, 0.2) is 8.32 Å². The molecule has 4 nitrogen and oxygen atoms in total. The Morgan fingerprint density at radius 1 is 1.21 bits per heavy atom. The van der Waals surface area contributed by atoms with E-state index in [0.29, 0.717) is 19.8 Å². The van der Waals surface area contributed by atoms with Crippen molar-refractivity contribution >= 4 is 14.3 Å². The van der Waals surface area contributed by atoms with Crippen molar-refractivity contribution in [2.75, 3.05) is 19.8 Å². The van der Waals surface area contributed by atoms with E-state index in [4.69, 9.17) is 9.16 Å². The average Bonchev–Trinajstić information content (AvgIpc) is 3.17. The van der Waals surface area contributed by atoms with Crippen LogP contribution in [0.5, 0.6) is 0 Å². The Morgan fingerprint density at radius 2 is 1.83 bits per heavy atom. The van der Waals surface area contributed by atoms with Crippen LogP contribution in [0.1, 0.15) is 39.3 Å². The number of ether oxygens (including phenoxy) is 1. The highest BCUT2D eigenvalue weighted by Gasteiger charge is 2.50. The summed E-state index contributed by atoms with van der Waals surface area (Å²) in [6.45, 7) is 14.5. The zero-order valence-electron chi connectivity index (χ0n) is 15.8. The van der Waals surface area contributed by atoms with Gasteiger partial charge in [0.05, 0.1) is 31.8 Å². The van der Waals surface area contributed by atoms with Crippen molar-refractivity contribution in [1.29, 1.82) is 0 Å². The summed E-state index contributed by atoms with van der Waals surface area (Å²) >= 11 is 0. The van der Waals surface area contributed by atoms with Crippen molar-refractivity contribution < 1.29 is 14.0 Å². The summed E-state index contributed by atoms with van der Waals surface area (Å²) in [5, 5.41) is 0.191. The van der Waals surface area contributed by atoms with E-state index in [2.05, 4.69) is 50.9 Å². The molecular formula is C19H31NO3Si. The molecule has 134 valence electrons. The van der Waals surface area contributed by atoms with E-state index in [1.165, 1.54) is 5.56 Å². The molecule has 1 saturated heterocycles. The van der Waals surface area contributed by atoms with Crippen LogP contribution in [0.3, 0.4) is 0 Å². The van der Waals surface area contributed by atoms with E-state index in [1.54, 1.807) is 0 Å². The first kappa shape index (κ1) is 19.2. The monoisotopic (exact) mass is 349 g/mol. The maximum Gasteiger partial charge on any atom is 0.320 e. The van der Waals surface area contributed by atoms with Crippen LogP contribution < -0.4 is 0 Å². The third-order valence-corrected chi connectivity index (χ3v) is 9.74. The van der Waals surface area contributed by atoms with Crippen LogP contribution in [0.2, 0.25) is 18.1 Å². The number of carbonyl (C=O) groups excluding carboxylic acids is 1. The van der Waals surface area contributed by atoms with Gasteiger partial charge < -0.3 is 9.16 Å². The normalized spacial score (nSPS) is 23.8.